The van der Waals surface area contributed by atoms with Crippen molar-refractivity contribution in [2.75, 3.05) is 6.54 Å². The number of hydrogen-bond acceptors (Lipinski definition) is 5. The van der Waals surface area contributed by atoms with Crippen LogP contribution in [0.2, 0.25) is 0 Å². The molecule has 1 saturated heterocycles. The van der Waals surface area contributed by atoms with Crippen LogP contribution in [0.15, 0.2) is 54.6 Å². The third-order valence-electron chi connectivity index (χ3n) is 7.34. The van der Waals surface area contributed by atoms with Gasteiger partial charge in [0, 0.05) is 36.1 Å². The lowest BCUT2D eigenvalue weighted by molar-refractivity contribution is -0.139. The highest BCUT2D eigenvalue weighted by Crippen LogP contribution is 2.27. The number of nitrogens with zero attached hydrogens (tertiary/aromatic N) is 1. The fraction of sp³-hybridized carbons (Fsp3) is 0.516. The quantitative estimate of drug-likeness (QED) is 0.285. The fourth-order valence-electron chi connectivity index (χ4n) is 5.39. The minimum atomic E-state index is -1.09. The topological polar surface area (TPSA) is 113 Å². The SMILES string of the molecule is CCCC(C(N)O)C(CC(C)C)C(=O)NC1CCCCN(Cc2cccc(C(=O)c3ccccc3)c2)C1=O. The standard InChI is InChI=1S/C31H43N3O4/c1-4-11-25(29(32)36)26(18-21(2)3)30(37)33-27-16-8-9-17-34(31(27)38)20-22-12-10-15-24(19-22)28(35)23-13-6-5-7-14-23/h5-7,10,12-15,19,21,25-27,29,36H,4,8-9,11,16-18,20,32H2,1-3H3,(H,33,37). The number of rotatable bonds is 12. The molecule has 1 heterocycles. The molecule has 0 aromatic heterocycles. The first-order valence-corrected chi connectivity index (χ1v) is 13.9. The zero-order valence-corrected chi connectivity index (χ0v) is 22.9. The Labute approximate surface area is 226 Å². The van der Waals surface area contributed by atoms with Gasteiger partial charge in [0.2, 0.25) is 11.8 Å². The molecule has 2 amide bonds. The Bertz CT molecular complexity index is 1070. The molecule has 0 aliphatic carbocycles. The summed E-state index contributed by atoms with van der Waals surface area (Å²) in [5, 5.41) is 13.2. The van der Waals surface area contributed by atoms with E-state index in [1.165, 1.54) is 0 Å². The molecule has 0 radical (unpaired) electrons. The Morgan fingerprint density at radius 1 is 1.08 bits per heavy atom. The molecule has 2 aromatic carbocycles. The molecule has 7 heteroatoms. The molecule has 4 N–H and O–H groups in total. The number of nitrogens with two attached hydrogens (primary N) is 1. The second-order valence-electron chi connectivity index (χ2n) is 10.9. The Morgan fingerprint density at radius 2 is 1.79 bits per heavy atom. The van der Waals surface area contributed by atoms with Gasteiger partial charge in [-0.1, -0.05) is 75.7 Å². The Hall–Kier alpha value is -3.03. The van der Waals surface area contributed by atoms with E-state index in [4.69, 9.17) is 5.73 Å². The summed E-state index contributed by atoms with van der Waals surface area (Å²) in [7, 11) is 0. The minimum Gasteiger partial charge on any atom is -0.379 e. The van der Waals surface area contributed by atoms with Gasteiger partial charge >= 0.3 is 0 Å². The summed E-state index contributed by atoms with van der Waals surface area (Å²) in [6.45, 7) is 7.06. The minimum absolute atomic E-state index is 0.0558. The van der Waals surface area contributed by atoms with Gasteiger partial charge in [0.25, 0.3) is 0 Å². The second-order valence-corrected chi connectivity index (χ2v) is 10.9. The highest BCUT2D eigenvalue weighted by atomic mass is 16.3. The first kappa shape index (κ1) is 29.5. The Balaban J connectivity index is 1.74. The molecule has 1 aliphatic rings. The van der Waals surface area contributed by atoms with Crippen molar-refractivity contribution >= 4 is 17.6 Å². The lowest BCUT2D eigenvalue weighted by Crippen LogP contribution is -2.51. The predicted octanol–water partition coefficient (Wildman–Crippen LogP) is 4.27. The summed E-state index contributed by atoms with van der Waals surface area (Å²) in [6, 6.07) is 15.9. The molecule has 0 spiro atoms. The number of benzene rings is 2. The molecule has 4 atom stereocenters. The fourth-order valence-corrected chi connectivity index (χ4v) is 5.39. The maximum atomic E-state index is 13.6. The average molecular weight is 522 g/mol. The predicted molar refractivity (Wildman–Crippen MR) is 149 cm³/mol. The van der Waals surface area contributed by atoms with Crippen LogP contribution in [0.5, 0.6) is 0 Å². The maximum absolute atomic E-state index is 13.6. The Kier molecular flexibility index (Phi) is 11.0. The number of likely N-dealkylation sites (tertiary alicyclic amines) is 1. The molecule has 7 nitrogen and oxygen atoms in total. The van der Waals surface area contributed by atoms with Gasteiger partial charge in [0.1, 0.15) is 12.3 Å². The van der Waals surface area contributed by atoms with Crippen molar-refractivity contribution in [2.45, 2.75) is 78.1 Å². The number of aliphatic hydroxyl groups is 1. The highest BCUT2D eigenvalue weighted by molar-refractivity contribution is 6.09. The summed E-state index contributed by atoms with van der Waals surface area (Å²) >= 11 is 0. The number of hydrogen-bond donors (Lipinski definition) is 3. The van der Waals surface area contributed by atoms with E-state index in [-0.39, 0.29) is 29.4 Å². The van der Waals surface area contributed by atoms with Crippen LogP contribution in [-0.4, -0.2) is 46.4 Å². The molecule has 206 valence electrons. The first-order chi connectivity index (χ1) is 18.2. The lowest BCUT2D eigenvalue weighted by atomic mass is 9.81. The van der Waals surface area contributed by atoms with Gasteiger partial charge < -0.3 is 21.1 Å². The van der Waals surface area contributed by atoms with Crippen LogP contribution < -0.4 is 11.1 Å². The zero-order chi connectivity index (χ0) is 27.7. The molecule has 1 aliphatic heterocycles. The van der Waals surface area contributed by atoms with Crippen molar-refractivity contribution in [1.29, 1.82) is 0 Å². The number of amides is 2. The van der Waals surface area contributed by atoms with Gasteiger partial charge in [-0.05, 0) is 49.7 Å². The highest BCUT2D eigenvalue weighted by Gasteiger charge is 2.35. The summed E-state index contributed by atoms with van der Waals surface area (Å²) in [6.07, 6.45) is 3.21. The smallest absolute Gasteiger partial charge is 0.245 e. The molecular weight excluding hydrogens is 478 g/mol. The molecule has 0 saturated carbocycles. The largest absolute Gasteiger partial charge is 0.379 e. The van der Waals surface area contributed by atoms with Crippen LogP contribution in [0.4, 0.5) is 0 Å². The van der Waals surface area contributed by atoms with Crippen molar-refractivity contribution in [1.82, 2.24) is 10.2 Å². The Morgan fingerprint density at radius 3 is 2.45 bits per heavy atom. The van der Waals surface area contributed by atoms with Gasteiger partial charge in [-0.3, -0.25) is 14.4 Å². The third kappa shape index (κ3) is 7.98. The first-order valence-electron chi connectivity index (χ1n) is 13.9. The summed E-state index contributed by atoms with van der Waals surface area (Å²) in [4.78, 5) is 41.7. The number of carbonyl (C=O) groups excluding carboxylic acids is 3. The van der Waals surface area contributed by atoms with E-state index in [0.29, 0.717) is 43.5 Å². The second kappa shape index (κ2) is 14.2. The number of nitrogens with one attached hydrogen (secondary N) is 1. The molecule has 4 unspecified atom stereocenters. The van der Waals surface area contributed by atoms with Crippen molar-refractivity contribution in [2.24, 2.45) is 23.5 Å². The van der Waals surface area contributed by atoms with Crippen molar-refractivity contribution in [3.63, 3.8) is 0 Å². The van der Waals surface area contributed by atoms with Gasteiger partial charge in [0.15, 0.2) is 5.78 Å². The number of carbonyl (C=O) groups is 3. The molecule has 1 fully saturated rings. The van der Waals surface area contributed by atoms with E-state index in [9.17, 15) is 19.5 Å². The van der Waals surface area contributed by atoms with Crippen LogP contribution in [0.25, 0.3) is 0 Å². The summed E-state index contributed by atoms with van der Waals surface area (Å²) in [5.74, 6) is -0.947. The molecule has 2 aromatic rings. The number of aliphatic hydroxyl groups excluding tert-OH is 1. The van der Waals surface area contributed by atoms with E-state index in [1.54, 1.807) is 23.1 Å². The normalized spacial score (nSPS) is 18.5. The van der Waals surface area contributed by atoms with Crippen molar-refractivity contribution in [3.05, 3.63) is 71.3 Å². The van der Waals surface area contributed by atoms with Crippen LogP contribution in [0.3, 0.4) is 0 Å². The van der Waals surface area contributed by atoms with Gasteiger partial charge in [-0.25, -0.2) is 0 Å². The monoisotopic (exact) mass is 521 g/mol. The van der Waals surface area contributed by atoms with Crippen molar-refractivity contribution < 1.29 is 19.5 Å². The molecule has 38 heavy (non-hydrogen) atoms. The van der Waals surface area contributed by atoms with Crippen LogP contribution >= 0.6 is 0 Å². The van der Waals surface area contributed by atoms with Crippen molar-refractivity contribution in [3.8, 4) is 0 Å². The third-order valence-corrected chi connectivity index (χ3v) is 7.34. The molecule has 3 rings (SSSR count). The average Bonchev–Trinajstić information content (AvgIpc) is 3.07. The van der Waals surface area contributed by atoms with E-state index < -0.39 is 18.2 Å². The van der Waals surface area contributed by atoms with Crippen LogP contribution in [0, 0.1) is 17.8 Å². The zero-order valence-electron chi connectivity index (χ0n) is 22.9. The van der Waals surface area contributed by atoms with Crippen LogP contribution in [0.1, 0.15) is 80.8 Å². The van der Waals surface area contributed by atoms with Crippen LogP contribution in [-0.2, 0) is 16.1 Å². The lowest BCUT2D eigenvalue weighted by Gasteiger charge is -2.31. The van der Waals surface area contributed by atoms with E-state index in [1.807, 2.05) is 57.2 Å². The molecular formula is C31H43N3O4. The summed E-state index contributed by atoms with van der Waals surface area (Å²) in [5.41, 5.74) is 7.96. The van der Waals surface area contributed by atoms with E-state index in [0.717, 1.165) is 24.8 Å². The number of ketones is 1. The van der Waals surface area contributed by atoms with Gasteiger partial charge in [-0.2, -0.15) is 0 Å². The van der Waals surface area contributed by atoms with Gasteiger partial charge in [-0.15, -0.1) is 0 Å². The van der Waals surface area contributed by atoms with Gasteiger partial charge in [0.05, 0.1) is 0 Å². The molecule has 0 bridgehead atoms. The summed E-state index contributed by atoms with van der Waals surface area (Å²) < 4.78 is 0. The maximum Gasteiger partial charge on any atom is 0.245 e. The van der Waals surface area contributed by atoms with E-state index in [2.05, 4.69) is 5.32 Å². The van der Waals surface area contributed by atoms with E-state index >= 15 is 0 Å².